The molecule has 0 N–H and O–H groups in total. The van der Waals surface area contributed by atoms with Gasteiger partial charge in [-0.2, -0.15) is 0 Å². The van der Waals surface area contributed by atoms with Gasteiger partial charge in [0.05, 0.1) is 22.8 Å². The standard InChI is InChI=1S/C54H38N2OSi.C54H38N2SSi/c2*1-58(2)49-29-12-10-25-45(49)52-53(58)51(55-54(56-52)46-26-15-28-48-50(46)44-24-9-11-27-47(44)57-48)40-23-14-21-38(31-40)37-20-13-22-39(30-37)43-33-41(35-16-5-3-6-17-35)32-42(34-43)36-18-7-4-8-19-36/h2*3-34H,1-2H3. The Bertz CT molecular complexity index is 6720. The first kappa shape index (κ1) is 70.0. The lowest BCUT2D eigenvalue weighted by Crippen LogP contribution is -2.50. The third-order valence-electron chi connectivity index (χ3n) is 23.7. The third kappa shape index (κ3) is 12.4. The summed E-state index contributed by atoms with van der Waals surface area (Å²) in [6.07, 6.45) is 0. The predicted octanol–water partition coefficient (Wildman–Crippen LogP) is 26.8. The topological polar surface area (TPSA) is 64.7 Å². The van der Waals surface area contributed by atoms with Gasteiger partial charge in [0.2, 0.25) is 0 Å². The molecular weight excluding hydrogens is 1460 g/mol. The van der Waals surface area contributed by atoms with E-state index in [2.05, 4.69) is 396 Å². The van der Waals surface area contributed by atoms with E-state index in [9.17, 15) is 0 Å². The molecule has 0 aliphatic carbocycles. The molecule has 0 unspecified atom stereocenters. The number of rotatable bonds is 12. The Morgan fingerprint density at radius 1 is 0.216 bits per heavy atom. The van der Waals surface area contributed by atoms with Gasteiger partial charge >= 0.3 is 0 Å². The molecule has 2 aliphatic heterocycles. The van der Waals surface area contributed by atoms with Gasteiger partial charge in [0.15, 0.2) is 11.6 Å². The van der Waals surface area contributed by atoms with Crippen molar-refractivity contribution in [2.24, 2.45) is 0 Å². The third-order valence-corrected chi connectivity index (χ3v) is 31.8. The normalized spacial score (nSPS) is 12.8. The summed E-state index contributed by atoms with van der Waals surface area (Å²) in [5.41, 5.74) is 31.7. The van der Waals surface area contributed by atoms with Crippen molar-refractivity contribution in [1.82, 2.24) is 19.9 Å². The monoisotopic (exact) mass is 1530 g/mol. The van der Waals surface area contributed by atoms with E-state index in [0.29, 0.717) is 5.82 Å². The van der Waals surface area contributed by atoms with E-state index in [1.54, 1.807) is 0 Å². The molecule has 0 saturated heterocycles. The molecule has 116 heavy (non-hydrogen) atoms. The molecule has 20 aromatic rings. The van der Waals surface area contributed by atoms with Gasteiger partial charge in [-0.3, -0.25) is 0 Å². The Kier molecular flexibility index (Phi) is 17.3. The van der Waals surface area contributed by atoms with Crippen LogP contribution in [0.15, 0.2) is 393 Å². The molecule has 0 radical (unpaired) electrons. The summed E-state index contributed by atoms with van der Waals surface area (Å²) in [6.45, 7) is 9.79. The van der Waals surface area contributed by atoms with Gasteiger partial charge in [0.1, 0.15) is 27.3 Å². The van der Waals surface area contributed by atoms with Crippen LogP contribution in [0.5, 0.6) is 0 Å². The summed E-state index contributed by atoms with van der Waals surface area (Å²) in [5.74, 6) is 1.50. The number of para-hydroxylation sites is 1. The van der Waals surface area contributed by atoms with Crippen molar-refractivity contribution in [2.75, 3.05) is 0 Å². The minimum Gasteiger partial charge on any atom is -0.456 e. The predicted molar refractivity (Wildman–Crippen MR) is 494 cm³/mol. The van der Waals surface area contributed by atoms with Crippen LogP contribution in [0.1, 0.15) is 0 Å². The van der Waals surface area contributed by atoms with Crippen molar-refractivity contribution in [3.63, 3.8) is 0 Å². The number of hydrogen-bond acceptors (Lipinski definition) is 6. The van der Waals surface area contributed by atoms with Crippen molar-refractivity contribution in [3.05, 3.63) is 388 Å². The number of thiophene rings is 1. The van der Waals surface area contributed by atoms with Gasteiger partial charge in [-0.15, -0.1) is 11.3 Å². The highest BCUT2D eigenvalue weighted by Crippen LogP contribution is 2.45. The number of fused-ring (bicyclic) bond motifs is 12. The minimum atomic E-state index is -2.18. The van der Waals surface area contributed by atoms with Gasteiger partial charge in [-0.05, 0) is 206 Å². The van der Waals surface area contributed by atoms with Gasteiger partial charge in [-0.25, -0.2) is 19.9 Å². The van der Waals surface area contributed by atoms with Crippen LogP contribution in [0.4, 0.5) is 0 Å². The van der Waals surface area contributed by atoms with E-state index in [-0.39, 0.29) is 0 Å². The lowest BCUT2D eigenvalue weighted by atomic mass is 9.92. The maximum absolute atomic E-state index is 6.33. The summed E-state index contributed by atoms with van der Waals surface area (Å²) in [5, 5.41) is 10.0. The second kappa shape index (κ2) is 28.6. The molecule has 22 rings (SSSR count). The first-order valence-corrected chi connectivity index (χ1v) is 46.6. The molecule has 6 heterocycles. The lowest BCUT2D eigenvalue weighted by molar-refractivity contribution is 0.669. The van der Waals surface area contributed by atoms with E-state index in [1.807, 2.05) is 29.5 Å². The summed E-state index contributed by atoms with van der Waals surface area (Å²) < 4.78 is 8.86. The molecule has 0 bridgehead atoms. The zero-order valence-corrected chi connectivity index (χ0v) is 67.4. The molecule has 0 saturated carbocycles. The highest BCUT2D eigenvalue weighted by Gasteiger charge is 2.44. The first-order chi connectivity index (χ1) is 57.0. The van der Waals surface area contributed by atoms with Crippen LogP contribution in [0.3, 0.4) is 0 Å². The van der Waals surface area contributed by atoms with Gasteiger partial charge < -0.3 is 4.42 Å². The fourth-order valence-electron chi connectivity index (χ4n) is 18.0. The number of hydrogen-bond donors (Lipinski definition) is 0. The molecule has 2 aliphatic rings. The zero-order chi connectivity index (χ0) is 77.6. The summed E-state index contributed by atoms with van der Waals surface area (Å²) >= 11 is 1.83. The molecule has 0 amide bonds. The first-order valence-electron chi connectivity index (χ1n) is 39.8. The number of benzene rings is 16. The Morgan fingerprint density at radius 2 is 0.500 bits per heavy atom. The molecule has 5 nitrogen and oxygen atoms in total. The van der Waals surface area contributed by atoms with Gasteiger partial charge in [0, 0.05) is 53.2 Å². The second-order valence-corrected chi connectivity index (χ2v) is 41.2. The summed E-state index contributed by atoms with van der Waals surface area (Å²) in [7, 11) is -4.33. The van der Waals surface area contributed by atoms with Crippen LogP contribution in [0.2, 0.25) is 26.2 Å². The highest BCUT2D eigenvalue weighted by molar-refractivity contribution is 7.26. The largest absolute Gasteiger partial charge is 0.456 e. The van der Waals surface area contributed by atoms with Crippen LogP contribution >= 0.6 is 11.3 Å². The minimum absolute atomic E-state index is 0.715. The van der Waals surface area contributed by atoms with Crippen molar-refractivity contribution < 1.29 is 4.42 Å². The Balaban J connectivity index is 0.000000145. The summed E-state index contributed by atoms with van der Waals surface area (Å²) in [4.78, 5) is 22.1. The van der Waals surface area contributed by atoms with E-state index in [1.165, 1.54) is 124 Å². The van der Waals surface area contributed by atoms with Crippen molar-refractivity contribution >= 4 is 90.3 Å². The quantitative estimate of drug-likeness (QED) is 0.114. The van der Waals surface area contributed by atoms with Crippen LogP contribution < -0.4 is 20.7 Å². The SMILES string of the molecule is C[Si]1(C)c2ccccc2-c2nc(-c3cccc4oc5ccccc5c34)nc(-c3cccc(-c4cccc(-c5cc(-c6ccccc6)cc(-c6ccccc6)c5)c4)c3)c21.C[Si]1(C)c2ccccc2-c2nc(-c3cccc4sc5ccccc5c34)nc(-c3cccc(-c4cccc(-c5cc(-c6ccccc6)cc(-c6ccccc6)c5)c4)c3)c21. The molecular formula is C108H76N4OSSi2. The van der Waals surface area contributed by atoms with Crippen LogP contribution in [-0.4, -0.2) is 36.1 Å². The van der Waals surface area contributed by atoms with Crippen molar-refractivity contribution in [1.29, 1.82) is 0 Å². The number of furan rings is 1. The van der Waals surface area contributed by atoms with E-state index in [0.717, 1.165) is 89.5 Å². The Hall–Kier alpha value is -13.9. The number of aromatic nitrogens is 4. The van der Waals surface area contributed by atoms with E-state index < -0.39 is 16.1 Å². The van der Waals surface area contributed by atoms with Crippen LogP contribution in [-0.2, 0) is 0 Å². The lowest BCUT2D eigenvalue weighted by Gasteiger charge is -2.22. The van der Waals surface area contributed by atoms with Crippen LogP contribution in [0, 0.1) is 0 Å². The maximum atomic E-state index is 6.33. The Labute approximate surface area is 681 Å². The molecule has 16 aromatic carbocycles. The highest BCUT2D eigenvalue weighted by atomic mass is 32.1. The maximum Gasteiger partial charge on any atom is 0.161 e. The van der Waals surface area contributed by atoms with Crippen molar-refractivity contribution in [2.45, 2.75) is 26.2 Å². The molecule has 0 fully saturated rings. The second-order valence-electron chi connectivity index (χ2n) is 31.5. The zero-order valence-electron chi connectivity index (χ0n) is 64.6. The average Bonchev–Trinajstić information content (AvgIpc) is 1.55. The van der Waals surface area contributed by atoms with Gasteiger partial charge in [0.25, 0.3) is 0 Å². The molecule has 0 spiro atoms. The fraction of sp³-hybridized carbons (Fsp3) is 0.0370. The molecule has 0 atom stereocenters. The molecule has 8 heteroatoms. The Morgan fingerprint density at radius 3 is 0.948 bits per heavy atom. The molecule has 4 aromatic heterocycles. The molecule has 548 valence electrons. The van der Waals surface area contributed by atoms with Crippen LogP contribution in [0.25, 0.3) is 199 Å². The smallest absolute Gasteiger partial charge is 0.161 e. The van der Waals surface area contributed by atoms with E-state index in [4.69, 9.17) is 24.4 Å². The van der Waals surface area contributed by atoms with E-state index >= 15 is 0 Å². The number of nitrogens with zero attached hydrogens (tertiary/aromatic N) is 4. The fourth-order valence-corrected chi connectivity index (χ4v) is 25.6. The average molecular weight is 1530 g/mol. The van der Waals surface area contributed by atoms with Crippen molar-refractivity contribution in [3.8, 4) is 157 Å². The summed E-state index contributed by atoms with van der Waals surface area (Å²) in [6, 6.07) is 140. The van der Waals surface area contributed by atoms with Gasteiger partial charge in [-0.1, -0.05) is 330 Å².